The zero-order valence-corrected chi connectivity index (χ0v) is 8.97. The highest BCUT2D eigenvalue weighted by Gasteiger charge is 2.37. The van der Waals surface area contributed by atoms with Gasteiger partial charge in [0.15, 0.2) is 0 Å². The van der Waals surface area contributed by atoms with E-state index in [1.54, 1.807) is 0 Å². The monoisotopic (exact) mass is 182 g/mol. The summed E-state index contributed by atoms with van der Waals surface area (Å²) >= 11 is 0. The average Bonchev–Trinajstić information content (AvgIpc) is 2.24. The fourth-order valence-corrected chi connectivity index (χ4v) is 2.64. The highest BCUT2D eigenvalue weighted by Crippen LogP contribution is 2.31. The lowest BCUT2D eigenvalue weighted by molar-refractivity contribution is 0.169. The first-order valence-electron chi connectivity index (χ1n) is 5.71. The van der Waals surface area contributed by atoms with Gasteiger partial charge < -0.3 is 10.2 Å². The molecule has 2 rings (SSSR count). The highest BCUT2D eigenvalue weighted by atomic mass is 15.2. The summed E-state index contributed by atoms with van der Waals surface area (Å²) in [5.41, 5.74) is 0.559. The van der Waals surface area contributed by atoms with Crippen LogP contribution in [0.5, 0.6) is 0 Å². The van der Waals surface area contributed by atoms with Crippen molar-refractivity contribution >= 4 is 0 Å². The topological polar surface area (TPSA) is 15.3 Å². The van der Waals surface area contributed by atoms with Gasteiger partial charge in [0.1, 0.15) is 0 Å². The van der Waals surface area contributed by atoms with Crippen LogP contribution in [0.1, 0.15) is 39.5 Å². The van der Waals surface area contributed by atoms with Crippen LogP contribution in [0.4, 0.5) is 0 Å². The summed E-state index contributed by atoms with van der Waals surface area (Å²) in [6.07, 6.45) is 5.56. The zero-order valence-electron chi connectivity index (χ0n) is 8.97. The van der Waals surface area contributed by atoms with Crippen LogP contribution in [0.2, 0.25) is 0 Å². The summed E-state index contributed by atoms with van der Waals surface area (Å²) in [5.74, 6) is 0. The minimum absolute atomic E-state index is 0.559. The molecule has 2 aliphatic rings. The minimum Gasteiger partial charge on any atom is -0.311 e. The third-order valence-corrected chi connectivity index (χ3v) is 3.81. The fourth-order valence-electron chi connectivity index (χ4n) is 2.64. The Morgan fingerprint density at radius 1 is 1.15 bits per heavy atom. The Morgan fingerprint density at radius 2 is 1.92 bits per heavy atom. The SMILES string of the molecule is CC(C)N1CCCC2(CCN2)CC1. The van der Waals surface area contributed by atoms with Gasteiger partial charge in [0, 0.05) is 18.1 Å². The van der Waals surface area contributed by atoms with Crippen molar-refractivity contribution in [3.63, 3.8) is 0 Å². The van der Waals surface area contributed by atoms with Crippen LogP contribution in [0, 0.1) is 0 Å². The molecule has 0 aromatic heterocycles. The molecule has 0 saturated carbocycles. The second kappa shape index (κ2) is 3.58. The number of hydrogen-bond donors (Lipinski definition) is 1. The molecule has 2 aliphatic heterocycles. The number of nitrogens with zero attached hydrogens (tertiary/aromatic N) is 1. The van der Waals surface area contributed by atoms with Gasteiger partial charge in [-0.3, -0.25) is 0 Å². The van der Waals surface area contributed by atoms with Crippen molar-refractivity contribution < 1.29 is 0 Å². The first-order valence-corrected chi connectivity index (χ1v) is 5.71. The predicted molar refractivity (Wildman–Crippen MR) is 55.9 cm³/mol. The van der Waals surface area contributed by atoms with Crippen LogP contribution >= 0.6 is 0 Å². The van der Waals surface area contributed by atoms with Crippen molar-refractivity contribution in [2.24, 2.45) is 0 Å². The van der Waals surface area contributed by atoms with Crippen LogP contribution < -0.4 is 5.32 Å². The third-order valence-electron chi connectivity index (χ3n) is 3.81. The van der Waals surface area contributed by atoms with Crippen molar-refractivity contribution in [2.45, 2.75) is 51.1 Å². The summed E-state index contributed by atoms with van der Waals surface area (Å²) in [5, 5.41) is 3.63. The predicted octanol–water partition coefficient (Wildman–Crippen LogP) is 1.61. The molecule has 1 atom stereocenters. The molecular weight excluding hydrogens is 160 g/mol. The molecule has 76 valence electrons. The molecule has 0 aromatic rings. The standard InChI is InChI=1S/C11H22N2/c1-10(2)13-8-3-4-11(6-9-13)5-7-12-11/h10,12H,3-9H2,1-2H3. The summed E-state index contributed by atoms with van der Waals surface area (Å²) in [7, 11) is 0. The summed E-state index contributed by atoms with van der Waals surface area (Å²) < 4.78 is 0. The molecule has 2 nitrogen and oxygen atoms in total. The first kappa shape index (κ1) is 9.47. The molecule has 2 fully saturated rings. The van der Waals surface area contributed by atoms with Gasteiger partial charge in [-0.25, -0.2) is 0 Å². The van der Waals surface area contributed by atoms with Crippen LogP contribution in [-0.2, 0) is 0 Å². The number of hydrogen-bond acceptors (Lipinski definition) is 2. The number of nitrogens with one attached hydrogen (secondary N) is 1. The van der Waals surface area contributed by atoms with Gasteiger partial charge in [-0.2, -0.15) is 0 Å². The van der Waals surface area contributed by atoms with E-state index < -0.39 is 0 Å². The normalized spacial score (nSPS) is 36.2. The summed E-state index contributed by atoms with van der Waals surface area (Å²) in [4.78, 5) is 2.62. The number of likely N-dealkylation sites (tertiary alicyclic amines) is 1. The lowest BCUT2D eigenvalue weighted by Crippen LogP contribution is -2.57. The Balaban J connectivity index is 1.90. The average molecular weight is 182 g/mol. The van der Waals surface area contributed by atoms with Crippen molar-refractivity contribution in [3.05, 3.63) is 0 Å². The van der Waals surface area contributed by atoms with E-state index in [9.17, 15) is 0 Å². The molecule has 2 saturated heterocycles. The second-order valence-electron chi connectivity index (χ2n) is 4.94. The molecule has 0 aliphatic carbocycles. The van der Waals surface area contributed by atoms with E-state index in [-0.39, 0.29) is 0 Å². The van der Waals surface area contributed by atoms with Crippen molar-refractivity contribution in [1.82, 2.24) is 10.2 Å². The number of rotatable bonds is 1. The lowest BCUT2D eigenvalue weighted by Gasteiger charge is -2.43. The quantitative estimate of drug-likeness (QED) is 0.663. The Hall–Kier alpha value is -0.0800. The molecule has 1 spiro atoms. The smallest absolute Gasteiger partial charge is 0.0206 e. The van der Waals surface area contributed by atoms with Crippen molar-refractivity contribution in [3.8, 4) is 0 Å². The molecule has 2 heterocycles. The Labute approximate surface area is 81.7 Å². The van der Waals surface area contributed by atoms with Crippen LogP contribution in [-0.4, -0.2) is 36.1 Å². The largest absolute Gasteiger partial charge is 0.311 e. The molecule has 1 N–H and O–H groups in total. The van der Waals surface area contributed by atoms with E-state index in [1.807, 2.05) is 0 Å². The molecule has 0 aromatic carbocycles. The van der Waals surface area contributed by atoms with E-state index in [2.05, 4.69) is 24.1 Å². The Morgan fingerprint density at radius 3 is 2.46 bits per heavy atom. The van der Waals surface area contributed by atoms with Gasteiger partial charge in [0.25, 0.3) is 0 Å². The lowest BCUT2D eigenvalue weighted by atomic mass is 9.81. The van der Waals surface area contributed by atoms with Crippen LogP contribution in [0.3, 0.4) is 0 Å². The van der Waals surface area contributed by atoms with E-state index in [0.717, 1.165) is 6.04 Å². The molecule has 2 heteroatoms. The van der Waals surface area contributed by atoms with Crippen molar-refractivity contribution in [1.29, 1.82) is 0 Å². The molecule has 0 bridgehead atoms. The molecule has 0 radical (unpaired) electrons. The van der Waals surface area contributed by atoms with Crippen LogP contribution in [0.15, 0.2) is 0 Å². The van der Waals surface area contributed by atoms with E-state index in [1.165, 1.54) is 45.3 Å². The summed E-state index contributed by atoms with van der Waals surface area (Å²) in [6.45, 7) is 8.48. The van der Waals surface area contributed by atoms with Gasteiger partial charge in [-0.1, -0.05) is 0 Å². The molecule has 0 amide bonds. The minimum atomic E-state index is 0.559. The third kappa shape index (κ3) is 1.89. The maximum absolute atomic E-state index is 3.63. The highest BCUT2D eigenvalue weighted by molar-refractivity contribution is 4.98. The molecule has 13 heavy (non-hydrogen) atoms. The van der Waals surface area contributed by atoms with Gasteiger partial charge >= 0.3 is 0 Å². The van der Waals surface area contributed by atoms with Gasteiger partial charge in [-0.15, -0.1) is 0 Å². The Kier molecular flexibility index (Phi) is 2.61. The maximum Gasteiger partial charge on any atom is 0.0206 e. The first-order chi connectivity index (χ1) is 6.22. The molecule has 1 unspecified atom stereocenters. The summed E-state index contributed by atoms with van der Waals surface area (Å²) in [6, 6.07) is 0.732. The van der Waals surface area contributed by atoms with Gasteiger partial charge in [0.2, 0.25) is 0 Å². The Bertz CT molecular complexity index is 173. The maximum atomic E-state index is 3.63. The zero-order chi connectivity index (χ0) is 9.31. The van der Waals surface area contributed by atoms with E-state index in [0.29, 0.717) is 5.54 Å². The van der Waals surface area contributed by atoms with E-state index in [4.69, 9.17) is 0 Å². The van der Waals surface area contributed by atoms with Crippen LogP contribution in [0.25, 0.3) is 0 Å². The van der Waals surface area contributed by atoms with Gasteiger partial charge in [0.05, 0.1) is 0 Å². The van der Waals surface area contributed by atoms with E-state index >= 15 is 0 Å². The van der Waals surface area contributed by atoms with Crippen molar-refractivity contribution in [2.75, 3.05) is 19.6 Å². The fraction of sp³-hybridized carbons (Fsp3) is 1.00. The van der Waals surface area contributed by atoms with Gasteiger partial charge in [-0.05, 0) is 52.6 Å². The molecular formula is C11H22N2. The second-order valence-corrected chi connectivity index (χ2v) is 4.94.